The molecule has 0 radical (unpaired) electrons. The second-order valence-corrected chi connectivity index (χ2v) is 7.50. The highest BCUT2D eigenvalue weighted by Crippen LogP contribution is 2.34. The van der Waals surface area contributed by atoms with Gasteiger partial charge in [-0.3, -0.25) is 4.79 Å². The summed E-state index contributed by atoms with van der Waals surface area (Å²) in [4.78, 5) is 11.9. The lowest BCUT2D eigenvalue weighted by atomic mass is 9.83. The summed E-state index contributed by atoms with van der Waals surface area (Å²) in [7, 11) is 1.63. The molecule has 0 saturated carbocycles. The van der Waals surface area contributed by atoms with Crippen molar-refractivity contribution < 1.29 is 28.8 Å². The average Bonchev–Trinajstić information content (AvgIpc) is 2.60. The fourth-order valence-electron chi connectivity index (χ4n) is 2.57. The Morgan fingerprint density at radius 1 is 1.00 bits per heavy atom. The second kappa shape index (κ2) is 12.0. The van der Waals surface area contributed by atoms with E-state index in [-0.39, 0.29) is 18.0 Å². The maximum absolute atomic E-state index is 11.9. The van der Waals surface area contributed by atoms with Gasteiger partial charge in [0.1, 0.15) is 12.4 Å². The first-order chi connectivity index (χ1) is 12.8. The number of phenolic OH excluding ortho intramolecular Hbond substituents is 1. The third-order valence-corrected chi connectivity index (χ3v) is 4.08. The number of carbonyl (C=O) groups is 1. The molecule has 0 aliphatic carbocycles. The van der Waals surface area contributed by atoms with Crippen LogP contribution in [0.3, 0.4) is 0 Å². The Labute approximate surface area is 162 Å². The number of aromatic hydroxyl groups is 1. The molecule has 0 atom stereocenters. The van der Waals surface area contributed by atoms with Crippen molar-refractivity contribution in [2.75, 3.05) is 46.8 Å². The van der Waals surface area contributed by atoms with Crippen molar-refractivity contribution in [2.24, 2.45) is 0 Å². The minimum Gasteiger partial charge on any atom is -0.507 e. The Bertz CT molecular complexity index is 577. The molecule has 1 aromatic rings. The normalized spacial score (nSPS) is 11.6. The monoisotopic (exact) mass is 382 g/mol. The quantitative estimate of drug-likeness (QED) is 0.442. The minimum absolute atomic E-state index is 0.157. The first-order valence-electron chi connectivity index (χ1n) is 9.38. The Morgan fingerprint density at radius 3 is 2.19 bits per heavy atom. The molecule has 154 valence electrons. The zero-order valence-electron chi connectivity index (χ0n) is 17.3. The molecule has 6 nitrogen and oxygen atoms in total. The van der Waals surface area contributed by atoms with Crippen LogP contribution in [0.1, 0.15) is 43.9 Å². The molecule has 0 amide bonds. The van der Waals surface area contributed by atoms with E-state index in [1.54, 1.807) is 7.11 Å². The zero-order valence-corrected chi connectivity index (χ0v) is 17.3. The number of rotatable bonds is 12. The number of carbonyl (C=O) groups excluding carboxylic acids is 1. The van der Waals surface area contributed by atoms with Crippen LogP contribution in [0.5, 0.6) is 5.75 Å². The van der Waals surface area contributed by atoms with Gasteiger partial charge in [-0.2, -0.15) is 0 Å². The highest BCUT2D eigenvalue weighted by atomic mass is 16.6. The first kappa shape index (κ1) is 23.4. The van der Waals surface area contributed by atoms with Crippen LogP contribution in [-0.4, -0.2) is 57.8 Å². The smallest absolute Gasteiger partial charge is 0.306 e. The van der Waals surface area contributed by atoms with Gasteiger partial charge in [0.2, 0.25) is 0 Å². The number of benzene rings is 1. The van der Waals surface area contributed by atoms with Crippen LogP contribution in [0.15, 0.2) is 12.1 Å². The van der Waals surface area contributed by atoms with Crippen LogP contribution >= 0.6 is 0 Å². The van der Waals surface area contributed by atoms with E-state index >= 15 is 0 Å². The molecule has 0 fully saturated rings. The predicted octanol–water partition coefficient (Wildman–Crippen LogP) is 3.15. The van der Waals surface area contributed by atoms with Crippen molar-refractivity contribution in [3.63, 3.8) is 0 Å². The van der Waals surface area contributed by atoms with Gasteiger partial charge >= 0.3 is 5.97 Å². The number of aryl methyl sites for hydroxylation is 2. The van der Waals surface area contributed by atoms with E-state index in [1.165, 1.54) is 0 Å². The molecule has 1 aromatic carbocycles. The van der Waals surface area contributed by atoms with Crippen molar-refractivity contribution in [2.45, 2.75) is 46.0 Å². The van der Waals surface area contributed by atoms with E-state index in [4.69, 9.17) is 18.9 Å². The highest BCUT2D eigenvalue weighted by Gasteiger charge is 2.20. The maximum Gasteiger partial charge on any atom is 0.306 e. The average molecular weight is 382 g/mol. The van der Waals surface area contributed by atoms with Crippen LogP contribution in [0.25, 0.3) is 0 Å². The van der Waals surface area contributed by atoms with Gasteiger partial charge in [-0.1, -0.05) is 32.9 Å². The van der Waals surface area contributed by atoms with Gasteiger partial charge in [-0.25, -0.2) is 0 Å². The lowest BCUT2D eigenvalue weighted by molar-refractivity contribution is -0.145. The summed E-state index contributed by atoms with van der Waals surface area (Å²) in [6, 6.07) is 3.90. The van der Waals surface area contributed by atoms with Gasteiger partial charge in [0.05, 0.1) is 33.0 Å². The number of hydrogen-bond acceptors (Lipinski definition) is 6. The predicted molar refractivity (Wildman–Crippen MR) is 104 cm³/mol. The van der Waals surface area contributed by atoms with E-state index in [2.05, 4.69) is 20.8 Å². The van der Waals surface area contributed by atoms with Crippen molar-refractivity contribution in [3.8, 4) is 5.75 Å². The number of ether oxygens (including phenoxy) is 4. The summed E-state index contributed by atoms with van der Waals surface area (Å²) in [5.41, 5.74) is 2.59. The fraction of sp³-hybridized carbons (Fsp3) is 0.667. The van der Waals surface area contributed by atoms with Crippen molar-refractivity contribution in [1.29, 1.82) is 0 Å². The molecule has 1 N–H and O–H groups in total. The van der Waals surface area contributed by atoms with Crippen LogP contribution < -0.4 is 0 Å². The summed E-state index contributed by atoms with van der Waals surface area (Å²) >= 11 is 0. The van der Waals surface area contributed by atoms with Crippen LogP contribution in [-0.2, 0) is 35.6 Å². The molecular formula is C21H34O6. The lowest BCUT2D eigenvalue weighted by Gasteiger charge is -2.22. The fourth-order valence-corrected chi connectivity index (χ4v) is 2.57. The van der Waals surface area contributed by atoms with Crippen LogP contribution in [0.4, 0.5) is 0 Å². The van der Waals surface area contributed by atoms with Crippen molar-refractivity contribution in [1.82, 2.24) is 0 Å². The molecule has 0 saturated heterocycles. The zero-order chi connectivity index (χ0) is 20.3. The molecule has 27 heavy (non-hydrogen) atoms. The Kier molecular flexibility index (Phi) is 10.4. The van der Waals surface area contributed by atoms with Crippen molar-refractivity contribution in [3.05, 3.63) is 28.8 Å². The number of phenols is 1. The molecule has 0 aromatic heterocycles. The lowest BCUT2D eigenvalue weighted by Crippen LogP contribution is -2.14. The Balaban J connectivity index is 2.28. The molecule has 0 aliphatic heterocycles. The van der Waals surface area contributed by atoms with E-state index in [0.717, 1.165) is 16.7 Å². The van der Waals surface area contributed by atoms with Crippen molar-refractivity contribution >= 4 is 5.97 Å². The minimum atomic E-state index is -0.252. The second-order valence-electron chi connectivity index (χ2n) is 7.50. The topological polar surface area (TPSA) is 74.2 Å². The van der Waals surface area contributed by atoms with Gasteiger partial charge in [0.25, 0.3) is 0 Å². The standard InChI is InChI=1S/C21H34O6/c1-16-14-17(15-18(20(16)23)21(2,3)4)6-7-19(22)27-13-12-26-11-10-25-9-8-24-5/h14-15,23H,6-13H2,1-5H3. The maximum atomic E-state index is 11.9. The molecule has 6 heteroatoms. The molecule has 0 unspecified atom stereocenters. The highest BCUT2D eigenvalue weighted by molar-refractivity contribution is 5.69. The summed E-state index contributed by atoms with van der Waals surface area (Å²) < 4.78 is 20.7. The molecular weight excluding hydrogens is 348 g/mol. The van der Waals surface area contributed by atoms with Crippen LogP contribution in [0, 0.1) is 6.92 Å². The largest absolute Gasteiger partial charge is 0.507 e. The summed E-state index contributed by atoms with van der Waals surface area (Å²) in [5.74, 6) is 0.0788. The van der Waals surface area contributed by atoms with E-state index in [1.807, 2.05) is 19.1 Å². The Morgan fingerprint density at radius 2 is 1.59 bits per heavy atom. The summed E-state index contributed by atoms with van der Waals surface area (Å²) in [6.07, 6.45) is 0.880. The van der Waals surface area contributed by atoms with E-state index < -0.39 is 0 Å². The number of methoxy groups -OCH3 is 1. The number of esters is 1. The van der Waals surface area contributed by atoms with Gasteiger partial charge < -0.3 is 24.1 Å². The van der Waals surface area contributed by atoms with Gasteiger partial charge in [-0.15, -0.1) is 0 Å². The van der Waals surface area contributed by atoms with Gasteiger partial charge in [0.15, 0.2) is 0 Å². The third-order valence-electron chi connectivity index (χ3n) is 4.08. The molecule has 0 aliphatic rings. The molecule has 0 heterocycles. The SMILES string of the molecule is COCCOCCOCCOC(=O)CCc1cc(C)c(O)c(C(C)(C)C)c1. The molecule has 1 rings (SSSR count). The summed E-state index contributed by atoms with van der Waals surface area (Å²) in [5, 5.41) is 10.3. The summed E-state index contributed by atoms with van der Waals surface area (Å²) in [6.45, 7) is 10.7. The third kappa shape index (κ3) is 9.22. The Hall–Kier alpha value is -1.63. The first-order valence-corrected chi connectivity index (χ1v) is 9.38. The van der Waals surface area contributed by atoms with E-state index in [9.17, 15) is 9.90 Å². The van der Waals surface area contributed by atoms with Crippen LogP contribution in [0.2, 0.25) is 0 Å². The molecule has 0 bridgehead atoms. The number of hydrogen-bond donors (Lipinski definition) is 1. The van der Waals surface area contributed by atoms with Gasteiger partial charge in [0, 0.05) is 13.5 Å². The molecule has 0 spiro atoms. The van der Waals surface area contributed by atoms with Gasteiger partial charge in [-0.05, 0) is 35.4 Å². The van der Waals surface area contributed by atoms with E-state index in [0.29, 0.717) is 51.6 Å².